The van der Waals surface area contributed by atoms with Crippen LogP contribution in [0.15, 0.2) is 240 Å². The van der Waals surface area contributed by atoms with Crippen molar-refractivity contribution in [3.63, 3.8) is 0 Å². The Balaban J connectivity index is 1.04. The Hall–Kier alpha value is -7.52. The van der Waals surface area contributed by atoms with Crippen LogP contribution in [0.2, 0.25) is 0 Å². The Morgan fingerprint density at radius 2 is 1.29 bits per heavy atom. The SMILES string of the molecule is CC1C=CC(C2=CC(c3ccccc3-c3cccc(-c4ccccc4)c3)=NC(C3=CCCC=C3)=C=C2)=CC1c1cccc(-c2nc(-c3ccccc3)nc(C3C=CC=CC3)n2)c1. The monoisotopic (exact) mass is 798 g/mol. The summed E-state index contributed by atoms with van der Waals surface area (Å²) in [5, 5.41) is 0. The van der Waals surface area contributed by atoms with Gasteiger partial charge in [-0.1, -0.05) is 195 Å². The second kappa shape index (κ2) is 17.6. The highest BCUT2D eigenvalue weighted by atomic mass is 15.0. The first-order chi connectivity index (χ1) is 30.6. The van der Waals surface area contributed by atoms with E-state index in [2.05, 4.69) is 201 Å². The molecule has 298 valence electrons. The molecule has 4 aliphatic rings. The van der Waals surface area contributed by atoms with Crippen LogP contribution in [0.4, 0.5) is 0 Å². The number of hydrogen-bond acceptors (Lipinski definition) is 4. The van der Waals surface area contributed by atoms with E-state index in [1.165, 1.54) is 16.7 Å². The van der Waals surface area contributed by atoms with Crippen LogP contribution < -0.4 is 0 Å². The minimum Gasteiger partial charge on any atom is -0.239 e. The van der Waals surface area contributed by atoms with E-state index < -0.39 is 0 Å². The largest absolute Gasteiger partial charge is 0.239 e. The normalized spacial score (nSPS) is 19.2. The smallest absolute Gasteiger partial charge is 0.163 e. The number of nitrogens with zero attached hydrogens (tertiary/aromatic N) is 4. The number of benzene rings is 5. The topological polar surface area (TPSA) is 51.0 Å². The molecule has 3 aliphatic carbocycles. The number of allylic oxidation sites excluding steroid dienone is 13. The molecule has 0 N–H and O–H groups in total. The first-order valence-corrected chi connectivity index (χ1v) is 21.7. The fraction of sp³-hybridized carbons (Fsp3) is 0.121. The van der Waals surface area contributed by atoms with Crippen molar-refractivity contribution in [1.29, 1.82) is 0 Å². The number of aromatic nitrogens is 3. The summed E-state index contributed by atoms with van der Waals surface area (Å²) in [5.41, 5.74) is 17.6. The van der Waals surface area contributed by atoms with Crippen molar-refractivity contribution in [2.24, 2.45) is 10.9 Å². The first kappa shape index (κ1) is 38.7. The molecule has 0 fully saturated rings. The van der Waals surface area contributed by atoms with Gasteiger partial charge in [-0.3, -0.25) is 0 Å². The summed E-state index contributed by atoms with van der Waals surface area (Å²) in [4.78, 5) is 20.6. The molecule has 3 unspecified atom stereocenters. The van der Waals surface area contributed by atoms with Crippen LogP contribution in [0.5, 0.6) is 0 Å². The standard InChI is InChI=1S/C58H46N4/c1-40-32-33-46(38-53(40)49-28-17-29-50(37-49)58-61-56(43-22-10-4-11-23-43)60-57(62-58)44-24-12-5-13-25-44)47-34-35-54(42-20-8-3-9-21-42)59-55(39-47)52-31-15-14-30-51(52)48-27-16-26-45(36-48)41-18-6-2-7-19-41/h2,4-8,10-24,26-34,36-40,44,53H,3,9,25H2,1H3. The maximum atomic E-state index is 5.41. The van der Waals surface area contributed by atoms with Gasteiger partial charge in [0.1, 0.15) is 11.5 Å². The zero-order chi connectivity index (χ0) is 41.7. The van der Waals surface area contributed by atoms with E-state index in [-0.39, 0.29) is 17.8 Å². The molecule has 0 radical (unpaired) electrons. The maximum Gasteiger partial charge on any atom is 0.163 e. The van der Waals surface area contributed by atoms with E-state index in [9.17, 15) is 0 Å². The molecule has 62 heavy (non-hydrogen) atoms. The van der Waals surface area contributed by atoms with E-state index in [1.807, 2.05) is 18.2 Å². The molecule has 0 saturated carbocycles. The average Bonchev–Trinajstić information content (AvgIpc) is 3.59. The molecule has 6 aromatic rings. The summed E-state index contributed by atoms with van der Waals surface area (Å²) in [5.74, 6) is 2.66. The summed E-state index contributed by atoms with van der Waals surface area (Å²) < 4.78 is 0. The summed E-state index contributed by atoms with van der Waals surface area (Å²) in [7, 11) is 0. The Morgan fingerprint density at radius 1 is 0.565 bits per heavy atom. The highest BCUT2D eigenvalue weighted by Gasteiger charge is 2.24. The van der Waals surface area contributed by atoms with Gasteiger partial charge in [-0.05, 0) is 88.4 Å². The summed E-state index contributed by atoms with van der Waals surface area (Å²) in [6.07, 6.45) is 29.5. The molecule has 4 nitrogen and oxygen atoms in total. The van der Waals surface area contributed by atoms with Crippen LogP contribution in [0.1, 0.15) is 55.0 Å². The minimum atomic E-state index is 0.0992. The fourth-order valence-electron chi connectivity index (χ4n) is 8.65. The van der Waals surface area contributed by atoms with Gasteiger partial charge in [0.2, 0.25) is 0 Å². The van der Waals surface area contributed by atoms with E-state index >= 15 is 0 Å². The zero-order valence-electron chi connectivity index (χ0n) is 34.8. The predicted molar refractivity (Wildman–Crippen MR) is 255 cm³/mol. The highest BCUT2D eigenvalue weighted by molar-refractivity contribution is 6.14. The van der Waals surface area contributed by atoms with E-state index in [1.54, 1.807) is 0 Å². The first-order valence-electron chi connectivity index (χ1n) is 21.7. The van der Waals surface area contributed by atoms with Gasteiger partial charge in [0, 0.05) is 34.1 Å². The third-order valence-corrected chi connectivity index (χ3v) is 12.0. The lowest BCUT2D eigenvalue weighted by atomic mass is 9.80. The van der Waals surface area contributed by atoms with Crippen molar-refractivity contribution in [3.05, 3.63) is 251 Å². The van der Waals surface area contributed by atoms with Gasteiger partial charge in [-0.25, -0.2) is 19.9 Å². The van der Waals surface area contributed by atoms with Crippen LogP contribution in [-0.2, 0) is 0 Å². The molecule has 5 aromatic carbocycles. The Kier molecular flexibility index (Phi) is 11.0. The van der Waals surface area contributed by atoms with Gasteiger partial charge in [0.25, 0.3) is 0 Å². The molecule has 4 heteroatoms. The van der Waals surface area contributed by atoms with Crippen molar-refractivity contribution in [3.8, 4) is 45.0 Å². The van der Waals surface area contributed by atoms with Crippen LogP contribution in [0.3, 0.4) is 0 Å². The average molecular weight is 799 g/mol. The lowest BCUT2D eigenvalue weighted by Gasteiger charge is -2.24. The van der Waals surface area contributed by atoms with Crippen molar-refractivity contribution in [2.45, 2.75) is 38.0 Å². The molecule has 0 amide bonds. The molecule has 1 aromatic heterocycles. The second-order valence-corrected chi connectivity index (χ2v) is 16.2. The zero-order valence-corrected chi connectivity index (χ0v) is 34.8. The van der Waals surface area contributed by atoms with Gasteiger partial charge >= 0.3 is 0 Å². The number of aliphatic imine (C=N–C) groups is 1. The lowest BCUT2D eigenvalue weighted by molar-refractivity contribution is 0.632. The predicted octanol–water partition coefficient (Wildman–Crippen LogP) is 14.1. The molecular weight excluding hydrogens is 753 g/mol. The Bertz CT molecular complexity index is 2980. The Morgan fingerprint density at radius 3 is 2.08 bits per heavy atom. The van der Waals surface area contributed by atoms with Crippen LogP contribution in [0, 0.1) is 5.92 Å². The van der Waals surface area contributed by atoms with E-state index in [0.29, 0.717) is 11.6 Å². The van der Waals surface area contributed by atoms with Gasteiger partial charge in [0.15, 0.2) is 11.6 Å². The molecule has 3 atom stereocenters. The van der Waals surface area contributed by atoms with Crippen LogP contribution >= 0.6 is 0 Å². The summed E-state index contributed by atoms with van der Waals surface area (Å²) >= 11 is 0. The third kappa shape index (κ3) is 8.30. The van der Waals surface area contributed by atoms with Gasteiger partial charge in [0.05, 0.1) is 5.71 Å². The highest BCUT2D eigenvalue weighted by Crippen LogP contribution is 2.38. The van der Waals surface area contributed by atoms with E-state index in [0.717, 1.165) is 81.0 Å². The molecule has 0 spiro atoms. The van der Waals surface area contributed by atoms with E-state index in [4.69, 9.17) is 19.9 Å². The summed E-state index contributed by atoms with van der Waals surface area (Å²) in [6.45, 7) is 2.29. The molecule has 2 heterocycles. The number of rotatable bonds is 9. The quantitative estimate of drug-likeness (QED) is 0.137. The maximum absolute atomic E-state index is 5.41. The van der Waals surface area contributed by atoms with Gasteiger partial charge in [-0.15, -0.1) is 0 Å². The molecule has 1 aliphatic heterocycles. The summed E-state index contributed by atoms with van der Waals surface area (Å²) in [6, 6.07) is 47.0. The molecule has 0 bridgehead atoms. The van der Waals surface area contributed by atoms with Gasteiger partial charge < -0.3 is 0 Å². The fourth-order valence-corrected chi connectivity index (χ4v) is 8.65. The Labute approximate surface area is 364 Å². The minimum absolute atomic E-state index is 0.0992. The molecule has 10 rings (SSSR count). The molecular formula is C58H46N4. The molecule has 0 saturated heterocycles. The van der Waals surface area contributed by atoms with Crippen molar-refractivity contribution in [2.75, 3.05) is 0 Å². The van der Waals surface area contributed by atoms with Crippen molar-refractivity contribution < 1.29 is 0 Å². The van der Waals surface area contributed by atoms with Crippen molar-refractivity contribution in [1.82, 2.24) is 15.0 Å². The lowest BCUT2D eigenvalue weighted by Crippen LogP contribution is -2.11. The van der Waals surface area contributed by atoms with Gasteiger partial charge in [-0.2, -0.15) is 0 Å². The van der Waals surface area contributed by atoms with Crippen molar-refractivity contribution >= 4 is 5.71 Å². The second-order valence-electron chi connectivity index (χ2n) is 16.2. The number of hydrogen-bond donors (Lipinski definition) is 0. The van der Waals surface area contributed by atoms with Crippen LogP contribution in [0.25, 0.3) is 45.0 Å². The third-order valence-electron chi connectivity index (χ3n) is 12.0. The van der Waals surface area contributed by atoms with Crippen LogP contribution in [-0.4, -0.2) is 20.7 Å².